The topological polar surface area (TPSA) is 26.3 Å². The number of esters is 1. The van der Waals surface area contributed by atoms with E-state index in [0.717, 1.165) is 25.7 Å². The van der Waals surface area contributed by atoms with Gasteiger partial charge in [0.15, 0.2) is 0 Å². The van der Waals surface area contributed by atoms with Gasteiger partial charge in [0.1, 0.15) is 0 Å². The molecule has 0 aromatic carbocycles. The molecule has 0 bridgehead atoms. The fraction of sp³-hybridized carbons (Fsp3) is 0.933. The van der Waals surface area contributed by atoms with Crippen LogP contribution in [0.1, 0.15) is 65.7 Å². The van der Waals surface area contributed by atoms with Crippen LogP contribution in [0.4, 0.5) is 8.78 Å². The Labute approximate surface area is 135 Å². The van der Waals surface area contributed by atoms with Crippen LogP contribution in [0.25, 0.3) is 0 Å². The summed E-state index contributed by atoms with van der Waals surface area (Å²) in [5.74, 6) is -5.69. The second-order valence-corrected chi connectivity index (χ2v) is 6.68. The number of hydrogen-bond donors (Lipinski definition) is 0. The Balaban J connectivity index is 4.37. The van der Waals surface area contributed by atoms with E-state index in [2.05, 4.69) is 34.3 Å². The van der Waals surface area contributed by atoms with Gasteiger partial charge in [0.25, 0.3) is 0 Å². The summed E-state index contributed by atoms with van der Waals surface area (Å²) < 4.78 is 32.4. The number of carbonyl (C=O) groups excluding carboxylic acids is 1. The molecule has 2 nitrogen and oxygen atoms in total. The summed E-state index contributed by atoms with van der Waals surface area (Å²) in [5, 5.41) is 0. The number of unbranched alkanes of at least 4 members (excludes halogenated alkanes) is 4. The van der Waals surface area contributed by atoms with E-state index in [1.807, 2.05) is 0 Å². The molecule has 0 radical (unpaired) electrons. The Morgan fingerprint density at radius 3 is 2.25 bits per heavy atom. The van der Waals surface area contributed by atoms with Crippen molar-refractivity contribution in [3.05, 3.63) is 0 Å². The third-order valence-corrected chi connectivity index (χ3v) is 4.96. The lowest BCUT2D eigenvalue weighted by Crippen LogP contribution is -2.42. The molecule has 0 saturated heterocycles. The van der Waals surface area contributed by atoms with Crippen LogP contribution in [0.5, 0.6) is 0 Å². The van der Waals surface area contributed by atoms with Crippen LogP contribution >= 0.6 is 22.6 Å². The first-order valence-electron chi connectivity index (χ1n) is 7.60. The zero-order valence-electron chi connectivity index (χ0n) is 12.8. The van der Waals surface area contributed by atoms with Crippen LogP contribution in [0.2, 0.25) is 0 Å². The van der Waals surface area contributed by atoms with Gasteiger partial charge in [-0.3, -0.25) is 0 Å². The molecule has 120 valence electrons. The normalized spacial score (nSPS) is 14.9. The minimum absolute atomic E-state index is 0.00616. The lowest BCUT2D eigenvalue weighted by atomic mass is 9.91. The lowest BCUT2D eigenvalue weighted by molar-refractivity contribution is -0.180. The monoisotopic (exact) mass is 404 g/mol. The van der Waals surface area contributed by atoms with Crippen molar-refractivity contribution in [2.45, 2.75) is 75.6 Å². The van der Waals surface area contributed by atoms with Gasteiger partial charge in [-0.15, -0.1) is 0 Å². The molecular weight excluding hydrogens is 377 g/mol. The molecular formula is C15H27F2IO2. The Bertz CT molecular complexity index is 273. The van der Waals surface area contributed by atoms with Gasteiger partial charge in [-0.05, 0) is 19.8 Å². The fourth-order valence-corrected chi connectivity index (χ4v) is 3.66. The smallest absolute Gasteiger partial charge is 0.377 e. The Kier molecular flexibility index (Phi) is 10.8. The molecule has 2 unspecified atom stereocenters. The molecule has 20 heavy (non-hydrogen) atoms. The van der Waals surface area contributed by atoms with E-state index in [1.54, 1.807) is 13.8 Å². The van der Waals surface area contributed by atoms with Gasteiger partial charge in [0.2, 0.25) is 0 Å². The average molecular weight is 404 g/mol. The maximum Gasteiger partial charge on any atom is 0.377 e. The zero-order chi connectivity index (χ0) is 15.6. The summed E-state index contributed by atoms with van der Waals surface area (Å²) in [6.45, 7) is 5.40. The van der Waals surface area contributed by atoms with Crippen molar-refractivity contribution >= 4 is 28.6 Å². The average Bonchev–Trinajstić information content (AvgIpc) is 2.39. The van der Waals surface area contributed by atoms with Crippen molar-refractivity contribution in [2.24, 2.45) is 5.92 Å². The van der Waals surface area contributed by atoms with Crippen molar-refractivity contribution in [3.63, 3.8) is 0 Å². The van der Waals surface area contributed by atoms with Gasteiger partial charge in [0.05, 0.1) is 6.61 Å². The summed E-state index contributed by atoms with van der Waals surface area (Å²) in [4.78, 5) is 11.4. The van der Waals surface area contributed by atoms with Crippen molar-refractivity contribution in [3.8, 4) is 0 Å². The fourth-order valence-electron chi connectivity index (χ4n) is 2.26. The molecule has 0 saturated carbocycles. The van der Waals surface area contributed by atoms with Crippen molar-refractivity contribution < 1.29 is 18.3 Å². The first-order chi connectivity index (χ1) is 9.41. The second kappa shape index (κ2) is 10.7. The summed E-state index contributed by atoms with van der Waals surface area (Å²) in [6, 6.07) is 0. The molecule has 2 atom stereocenters. The first kappa shape index (κ1) is 20.1. The molecule has 0 spiro atoms. The van der Waals surface area contributed by atoms with E-state index in [0.29, 0.717) is 0 Å². The maximum absolute atomic E-state index is 14.1. The predicted octanol–water partition coefficient (Wildman–Crippen LogP) is 5.38. The van der Waals surface area contributed by atoms with Gasteiger partial charge in [-0.25, -0.2) is 4.79 Å². The van der Waals surface area contributed by atoms with E-state index in [9.17, 15) is 13.6 Å². The highest BCUT2D eigenvalue weighted by Crippen LogP contribution is 2.37. The third-order valence-electron chi connectivity index (χ3n) is 3.47. The maximum atomic E-state index is 14.1. The highest BCUT2D eigenvalue weighted by atomic mass is 127. The largest absolute Gasteiger partial charge is 0.462 e. The summed E-state index contributed by atoms with van der Waals surface area (Å²) in [5.41, 5.74) is 0. The molecule has 0 aliphatic heterocycles. The van der Waals surface area contributed by atoms with Gasteiger partial charge in [0, 0.05) is 9.84 Å². The number of carbonyl (C=O) groups is 1. The standard InChI is InChI=1S/C15H27F2IO2/c1-4-7-8-9-10-11-13(18)12(5-2)15(16,17)14(19)20-6-3/h12-13H,4-11H2,1-3H3. The molecule has 0 aromatic heterocycles. The quantitative estimate of drug-likeness (QED) is 0.200. The van der Waals surface area contributed by atoms with Gasteiger partial charge in [-0.2, -0.15) is 8.78 Å². The molecule has 0 amide bonds. The van der Waals surface area contributed by atoms with Gasteiger partial charge < -0.3 is 4.74 Å². The number of halogens is 3. The Morgan fingerprint density at radius 2 is 1.75 bits per heavy atom. The van der Waals surface area contributed by atoms with E-state index >= 15 is 0 Å². The third kappa shape index (κ3) is 6.68. The van der Waals surface area contributed by atoms with Crippen LogP contribution in [0.3, 0.4) is 0 Å². The summed E-state index contributed by atoms with van der Waals surface area (Å²) in [6.07, 6.45) is 6.57. The highest BCUT2D eigenvalue weighted by Gasteiger charge is 2.50. The van der Waals surface area contributed by atoms with Crippen LogP contribution in [0.15, 0.2) is 0 Å². The molecule has 0 aliphatic carbocycles. The predicted molar refractivity (Wildman–Crippen MR) is 86.5 cm³/mol. The van der Waals surface area contributed by atoms with Crippen LogP contribution < -0.4 is 0 Å². The summed E-state index contributed by atoms with van der Waals surface area (Å²) in [7, 11) is 0. The van der Waals surface area contributed by atoms with E-state index in [4.69, 9.17) is 0 Å². The second-order valence-electron chi connectivity index (χ2n) is 5.08. The molecule has 0 rings (SSSR count). The zero-order valence-corrected chi connectivity index (χ0v) is 14.9. The minimum atomic E-state index is -3.37. The van der Waals surface area contributed by atoms with Crippen LogP contribution in [-0.2, 0) is 9.53 Å². The molecule has 5 heteroatoms. The molecule has 0 N–H and O–H groups in total. The Hall–Kier alpha value is 0.0600. The number of hydrogen-bond acceptors (Lipinski definition) is 2. The van der Waals surface area contributed by atoms with E-state index in [-0.39, 0.29) is 17.0 Å². The number of ether oxygens (including phenoxy) is 1. The van der Waals surface area contributed by atoms with E-state index in [1.165, 1.54) is 12.8 Å². The molecule has 0 aromatic rings. The van der Waals surface area contributed by atoms with E-state index < -0.39 is 17.8 Å². The molecule has 0 aliphatic rings. The first-order valence-corrected chi connectivity index (χ1v) is 8.85. The number of alkyl halides is 3. The Morgan fingerprint density at radius 1 is 1.15 bits per heavy atom. The van der Waals surface area contributed by atoms with Crippen molar-refractivity contribution in [1.29, 1.82) is 0 Å². The highest BCUT2D eigenvalue weighted by molar-refractivity contribution is 14.1. The van der Waals surface area contributed by atoms with Crippen LogP contribution in [0, 0.1) is 5.92 Å². The molecule has 0 heterocycles. The SMILES string of the molecule is CCCCCCCC(I)C(CC)C(F)(F)C(=O)OCC. The number of rotatable bonds is 11. The molecule has 0 fully saturated rings. The minimum Gasteiger partial charge on any atom is -0.462 e. The van der Waals surface area contributed by atoms with Gasteiger partial charge in [-0.1, -0.05) is 68.5 Å². The van der Waals surface area contributed by atoms with Gasteiger partial charge >= 0.3 is 11.9 Å². The van der Waals surface area contributed by atoms with Crippen LogP contribution in [-0.4, -0.2) is 22.4 Å². The van der Waals surface area contributed by atoms with Crippen molar-refractivity contribution in [2.75, 3.05) is 6.61 Å². The lowest BCUT2D eigenvalue weighted by Gasteiger charge is -2.28. The van der Waals surface area contributed by atoms with Crippen molar-refractivity contribution in [1.82, 2.24) is 0 Å². The summed E-state index contributed by atoms with van der Waals surface area (Å²) >= 11 is 2.06.